The van der Waals surface area contributed by atoms with Gasteiger partial charge in [-0.3, -0.25) is 9.69 Å². The van der Waals surface area contributed by atoms with Crippen molar-refractivity contribution in [3.8, 4) is 0 Å². The van der Waals surface area contributed by atoms with Crippen LogP contribution in [-0.4, -0.2) is 74.0 Å². The molecule has 1 saturated heterocycles. The normalized spacial score (nSPS) is 22.0. The zero-order chi connectivity index (χ0) is 19.0. The van der Waals surface area contributed by atoms with Gasteiger partial charge in [0.1, 0.15) is 0 Å². The lowest BCUT2D eigenvalue weighted by atomic mass is 9.98. The Balaban J connectivity index is 1.46. The zero-order valence-electron chi connectivity index (χ0n) is 15.2. The van der Waals surface area contributed by atoms with Crippen LogP contribution in [0.1, 0.15) is 21.4 Å². The third-order valence-corrected chi connectivity index (χ3v) is 8.50. The maximum Gasteiger partial charge on any atom is 0.236 e. The van der Waals surface area contributed by atoms with Crippen LogP contribution in [0.3, 0.4) is 0 Å². The van der Waals surface area contributed by atoms with Gasteiger partial charge in [-0.05, 0) is 34.9 Å². The summed E-state index contributed by atoms with van der Waals surface area (Å²) in [5.74, 6) is 0.0865. The van der Waals surface area contributed by atoms with Gasteiger partial charge in [-0.2, -0.15) is 4.31 Å². The van der Waals surface area contributed by atoms with Crippen LogP contribution >= 0.6 is 22.7 Å². The van der Waals surface area contributed by atoms with E-state index in [0.717, 1.165) is 13.0 Å². The molecule has 0 spiro atoms. The molecule has 4 rings (SSSR count). The van der Waals surface area contributed by atoms with Crippen LogP contribution in [0.15, 0.2) is 29.0 Å². The summed E-state index contributed by atoms with van der Waals surface area (Å²) in [6.07, 6.45) is 2.20. The fourth-order valence-corrected chi connectivity index (χ4v) is 6.47. The van der Waals surface area contributed by atoms with Crippen molar-refractivity contribution in [1.29, 1.82) is 0 Å². The molecule has 146 valence electrons. The highest BCUT2D eigenvalue weighted by Gasteiger charge is 2.33. The molecule has 0 bridgehead atoms. The van der Waals surface area contributed by atoms with Crippen LogP contribution in [-0.2, 0) is 21.2 Å². The lowest BCUT2D eigenvalue weighted by Crippen LogP contribution is -2.53. The van der Waals surface area contributed by atoms with Gasteiger partial charge in [-0.15, -0.1) is 22.7 Å². The van der Waals surface area contributed by atoms with E-state index in [1.807, 2.05) is 0 Å². The highest BCUT2D eigenvalue weighted by molar-refractivity contribution is 7.88. The number of thiophene rings is 2. The van der Waals surface area contributed by atoms with Crippen LogP contribution in [0.2, 0.25) is 0 Å². The first-order valence-corrected chi connectivity index (χ1v) is 12.6. The summed E-state index contributed by atoms with van der Waals surface area (Å²) in [5, 5.41) is 4.22. The smallest absolute Gasteiger partial charge is 0.236 e. The Morgan fingerprint density at radius 3 is 2.56 bits per heavy atom. The standard InChI is InChI=1S/C18H23N3O3S3/c1-27(23,24)21-9-7-19(8-10-21)17(22)13-20-6-4-15-14(5-12-26-15)18(20)16-3-2-11-25-16/h2-3,5,11-12,18H,4,6-10,13H2,1H3/t18-/m1/s1. The van der Waals surface area contributed by atoms with Gasteiger partial charge < -0.3 is 4.90 Å². The fraction of sp³-hybridized carbons (Fsp3) is 0.500. The molecule has 27 heavy (non-hydrogen) atoms. The van der Waals surface area contributed by atoms with Gasteiger partial charge in [0.2, 0.25) is 15.9 Å². The predicted octanol–water partition coefficient (Wildman–Crippen LogP) is 1.86. The monoisotopic (exact) mass is 425 g/mol. The molecule has 0 aliphatic carbocycles. The summed E-state index contributed by atoms with van der Waals surface area (Å²) in [4.78, 5) is 19.7. The van der Waals surface area contributed by atoms with E-state index < -0.39 is 10.0 Å². The van der Waals surface area contributed by atoms with Crippen molar-refractivity contribution in [2.24, 2.45) is 0 Å². The second-order valence-electron chi connectivity index (χ2n) is 6.98. The van der Waals surface area contributed by atoms with E-state index >= 15 is 0 Å². The summed E-state index contributed by atoms with van der Waals surface area (Å²) in [6, 6.07) is 6.53. The van der Waals surface area contributed by atoms with Crippen molar-refractivity contribution in [3.05, 3.63) is 44.3 Å². The number of fused-ring (bicyclic) bond motifs is 1. The van der Waals surface area contributed by atoms with Crippen LogP contribution in [0.5, 0.6) is 0 Å². The molecule has 2 aliphatic heterocycles. The summed E-state index contributed by atoms with van der Waals surface area (Å²) >= 11 is 3.53. The first-order chi connectivity index (χ1) is 12.9. The van der Waals surface area contributed by atoms with E-state index in [4.69, 9.17) is 0 Å². The Labute approximate surface area is 168 Å². The van der Waals surface area contributed by atoms with Gasteiger partial charge >= 0.3 is 0 Å². The third kappa shape index (κ3) is 3.97. The molecule has 1 atom stereocenters. The average molecular weight is 426 g/mol. The van der Waals surface area contributed by atoms with Crippen LogP contribution < -0.4 is 0 Å². The molecular formula is C18H23N3O3S3. The van der Waals surface area contributed by atoms with Gasteiger partial charge in [0.25, 0.3) is 0 Å². The fourth-order valence-electron chi connectivity index (χ4n) is 3.86. The van der Waals surface area contributed by atoms with Crippen molar-refractivity contribution >= 4 is 38.6 Å². The number of piperazine rings is 1. The van der Waals surface area contributed by atoms with Gasteiger partial charge in [-0.1, -0.05) is 6.07 Å². The summed E-state index contributed by atoms with van der Waals surface area (Å²) < 4.78 is 24.8. The molecule has 4 heterocycles. The second-order valence-corrected chi connectivity index (χ2v) is 10.9. The molecule has 2 aromatic rings. The molecule has 1 fully saturated rings. The van der Waals surface area contributed by atoms with Gasteiger partial charge in [0.15, 0.2) is 0 Å². The number of nitrogens with zero attached hydrogens (tertiary/aromatic N) is 3. The molecule has 1 amide bonds. The SMILES string of the molecule is CS(=O)(=O)N1CCN(C(=O)CN2CCc3sccc3[C@@H]2c2cccs2)CC1. The van der Waals surface area contributed by atoms with E-state index in [9.17, 15) is 13.2 Å². The third-order valence-electron chi connectivity index (χ3n) is 5.28. The predicted molar refractivity (Wildman–Crippen MR) is 109 cm³/mol. The molecule has 0 aromatic carbocycles. The van der Waals surface area contributed by atoms with E-state index in [2.05, 4.69) is 33.9 Å². The summed E-state index contributed by atoms with van der Waals surface area (Å²) in [5.41, 5.74) is 1.32. The lowest BCUT2D eigenvalue weighted by molar-refractivity contribution is -0.134. The number of hydrogen-bond acceptors (Lipinski definition) is 6. The molecule has 0 N–H and O–H groups in total. The first-order valence-electron chi connectivity index (χ1n) is 9.00. The second kappa shape index (κ2) is 7.63. The van der Waals surface area contributed by atoms with Crippen LogP contribution in [0.25, 0.3) is 0 Å². The highest BCUT2D eigenvalue weighted by atomic mass is 32.2. The van der Waals surface area contributed by atoms with E-state index in [-0.39, 0.29) is 11.9 Å². The van der Waals surface area contributed by atoms with Crippen molar-refractivity contribution < 1.29 is 13.2 Å². The highest BCUT2D eigenvalue weighted by Crippen LogP contribution is 2.39. The maximum atomic E-state index is 12.9. The lowest BCUT2D eigenvalue weighted by Gasteiger charge is -2.38. The average Bonchev–Trinajstić information content (AvgIpc) is 3.32. The maximum absolute atomic E-state index is 12.9. The molecule has 6 nitrogen and oxygen atoms in total. The summed E-state index contributed by atoms with van der Waals surface area (Å²) in [7, 11) is -3.18. The van der Waals surface area contributed by atoms with E-state index in [1.165, 1.54) is 25.9 Å². The summed E-state index contributed by atoms with van der Waals surface area (Å²) in [6.45, 7) is 2.93. The van der Waals surface area contributed by atoms with Crippen molar-refractivity contribution in [2.45, 2.75) is 12.5 Å². The van der Waals surface area contributed by atoms with Gasteiger partial charge in [0.05, 0.1) is 18.8 Å². The van der Waals surface area contributed by atoms with Crippen molar-refractivity contribution in [3.63, 3.8) is 0 Å². The number of sulfonamides is 1. The zero-order valence-corrected chi connectivity index (χ0v) is 17.7. The molecule has 2 aromatic heterocycles. The Bertz CT molecular complexity index is 899. The number of amides is 1. The Morgan fingerprint density at radius 2 is 1.89 bits per heavy atom. The largest absolute Gasteiger partial charge is 0.339 e. The molecule has 0 saturated carbocycles. The number of carbonyl (C=O) groups excluding carboxylic acids is 1. The molecule has 9 heteroatoms. The number of hydrogen-bond donors (Lipinski definition) is 0. The van der Waals surface area contributed by atoms with E-state index in [0.29, 0.717) is 32.7 Å². The quantitative estimate of drug-likeness (QED) is 0.750. The van der Waals surface area contributed by atoms with Gasteiger partial charge in [-0.25, -0.2) is 8.42 Å². The topological polar surface area (TPSA) is 60.9 Å². The van der Waals surface area contributed by atoms with Crippen molar-refractivity contribution in [1.82, 2.24) is 14.1 Å². The first kappa shape index (κ1) is 19.1. The number of rotatable bonds is 4. The molecular weight excluding hydrogens is 402 g/mol. The minimum absolute atomic E-state index is 0.0865. The van der Waals surface area contributed by atoms with E-state index in [1.54, 1.807) is 27.6 Å². The molecule has 0 radical (unpaired) electrons. The Hall–Kier alpha value is -1.26. The van der Waals surface area contributed by atoms with Gasteiger partial charge in [0, 0.05) is 42.5 Å². The number of carbonyl (C=O) groups is 1. The Morgan fingerprint density at radius 1 is 1.11 bits per heavy atom. The molecule has 2 aliphatic rings. The van der Waals surface area contributed by atoms with Crippen molar-refractivity contribution in [2.75, 3.05) is 45.5 Å². The van der Waals surface area contributed by atoms with Crippen LogP contribution in [0, 0.1) is 0 Å². The molecule has 0 unspecified atom stereocenters. The Kier molecular flexibility index (Phi) is 5.39. The minimum Gasteiger partial charge on any atom is -0.339 e. The van der Waals surface area contributed by atoms with Crippen LogP contribution in [0.4, 0.5) is 0 Å². The minimum atomic E-state index is -3.18.